The predicted octanol–water partition coefficient (Wildman–Crippen LogP) is 7.85. The standard InChI is InChI=1S/C10H18O4S2.C8H14O4S2.C8H10O4S2.C6H11O2S.C5H9O2S.C3H5O2S.C2H3O2S.2C2H5.14Y/c1-5-7-15(11,12)9(3)10(4)16(13,14)8-6-2;2*1-5-13(9,10)7(3)8(4)14(11,12)6-2;1-3-5-9(7,8)6-4-2;1-3-5-8(6,7)4-2;1-2-3-6(4)5;1-2-5(3)4;2*1-2;;;;;;;;;;;;;;/h5-10H,1-4H3;5-8H,1-2H2,3-4H3;1-2,7-8H,3-4H3;3,5-6H,4H2,1-2H3;4-5H,2-3H2,1H3;2-3H,1H3;2H,1H2;2*1H2,2H3;;;;;;;;;;;;;;/q;;;6*-1;;;;;;;;;;;;;2*+3/b7-5+,8-6+;;;5-3+;;3-2+;;;;;;;;;;;;;;;;;/t9-,10?;2*7-,8?;;;;;;;;;;;;;;;;;;;;/m000..................../s1. The maximum Gasteiger partial charge on any atom is 3.00 e. The molecule has 0 aliphatic rings. The Morgan fingerprint density at radius 3 is 0.722 bits per heavy atom. The normalized spacial score (nSPS) is 12.0. The second-order valence-corrected chi connectivity index (χ2v) is 31.6. The molecule has 0 aromatic rings. The summed E-state index contributed by atoms with van der Waals surface area (Å²) >= 11 is 0. The Bertz CT molecular complexity index is 2900. The van der Waals surface area contributed by atoms with Gasteiger partial charge < -0.3 is 30.7 Å². The van der Waals surface area contributed by atoms with Crippen LogP contribution in [0.3, 0.4) is 0 Å². The van der Waals surface area contributed by atoms with Crippen LogP contribution in [0.5, 0.6) is 0 Å². The zero-order chi connectivity index (χ0) is 63.3. The van der Waals surface area contributed by atoms with Crippen LogP contribution in [0, 0.1) is 48.7 Å². The summed E-state index contributed by atoms with van der Waals surface area (Å²) in [5.74, 6) is 2.51. The first-order valence-corrected chi connectivity index (χ1v) is 36.5. The fourth-order valence-corrected chi connectivity index (χ4v) is 13.6. The summed E-state index contributed by atoms with van der Waals surface area (Å²) < 4.78 is 216. The second kappa shape index (κ2) is 97.1. The number of sulfone groups is 8. The molecule has 12 radical (unpaired) electrons. The first kappa shape index (κ1) is 167. The molecule has 0 aliphatic carbocycles. The van der Waals surface area contributed by atoms with Gasteiger partial charge >= 0.3 is 65.4 Å². The quantitative estimate of drug-likeness (QED) is 0.0456. The van der Waals surface area contributed by atoms with Crippen LogP contribution >= 0.6 is 0 Å². The van der Waals surface area contributed by atoms with E-state index in [2.05, 4.69) is 40.2 Å². The zero-order valence-corrected chi connectivity index (χ0v) is 102. The van der Waals surface area contributed by atoms with Crippen LogP contribution in [-0.2, 0) is 575 Å². The Labute approximate surface area is 903 Å². The molecule has 3 unspecified atom stereocenters. The monoisotopic (exact) mass is 2520 g/mol. The Morgan fingerprint density at radius 2 is 0.600 bits per heavy atom. The van der Waals surface area contributed by atoms with Crippen molar-refractivity contribution in [2.45, 2.75) is 141 Å². The van der Waals surface area contributed by atoms with Crippen LogP contribution in [0.15, 0.2) is 93.9 Å². The average molecular weight is 2520 g/mol. The smallest absolute Gasteiger partial charge is 0.420 e. The van der Waals surface area contributed by atoms with Gasteiger partial charge in [0, 0.05) is 444 Å². The fraction of sp³-hybridized carbons (Fsp3) is 0.478. The summed E-state index contributed by atoms with van der Waals surface area (Å²) in [4.78, 5) is 0. The average Bonchev–Trinajstić information content (AvgIpc) is 3.34. The van der Waals surface area contributed by atoms with Gasteiger partial charge in [0.1, 0.15) is 0 Å². The van der Waals surface area contributed by atoms with Crippen molar-refractivity contribution in [2.75, 3.05) is 0 Å². The Balaban J connectivity index is -0.0000000274. The molecule has 0 bridgehead atoms. The van der Waals surface area contributed by atoms with Crippen LogP contribution < -0.4 is 0 Å². The van der Waals surface area contributed by atoms with Gasteiger partial charge in [-0.3, -0.25) is 16.8 Å². The minimum Gasteiger partial charge on any atom is -0.420 e. The third-order valence-electron chi connectivity index (χ3n) is 8.22. The van der Waals surface area contributed by atoms with Crippen LogP contribution in [0.4, 0.5) is 0 Å². The van der Waals surface area contributed by atoms with Gasteiger partial charge in [-0.25, -0.2) is 62.0 Å². The number of hydrogen-bond acceptors (Lipinski definition) is 22. The molecule has 0 saturated carbocycles. The molecule has 486 valence electrons. The molecule has 0 saturated heterocycles. The number of allylic oxidation sites excluding steroid dienone is 4. The fourth-order valence-electron chi connectivity index (χ4n) is 3.61. The van der Waals surface area contributed by atoms with Crippen LogP contribution in [0.2, 0.25) is 0 Å². The molecule has 0 heterocycles. The summed E-state index contributed by atoms with van der Waals surface area (Å²) in [5, 5.41) is 4.46. The van der Waals surface area contributed by atoms with Gasteiger partial charge in [-0.1, -0.05) is 73.2 Å². The minimum absolute atomic E-state index is 0. The van der Waals surface area contributed by atoms with Crippen LogP contribution in [0.1, 0.15) is 110 Å². The largest absolute Gasteiger partial charge is 3.00 e. The van der Waals surface area contributed by atoms with Crippen molar-refractivity contribution in [3.8, 4) is 23.4 Å². The molecule has 0 spiro atoms. The van der Waals surface area contributed by atoms with E-state index in [-0.39, 0.29) is 458 Å². The topological polar surface area (TPSA) is 341 Å². The number of hydrogen-bond donors (Lipinski definition) is 0. The van der Waals surface area contributed by atoms with Crippen molar-refractivity contribution in [3.05, 3.63) is 119 Å². The van der Waals surface area contributed by atoms with Crippen molar-refractivity contribution >= 4 is 100 Å². The maximum absolute atomic E-state index is 11.6. The molecule has 0 aromatic carbocycles. The predicted molar refractivity (Wildman–Crippen MR) is 315 cm³/mol. The first-order valence-electron chi connectivity index (χ1n) is 21.5. The van der Waals surface area contributed by atoms with Crippen molar-refractivity contribution in [3.63, 3.8) is 0 Å². The van der Waals surface area contributed by atoms with Gasteiger partial charge in [-0.2, -0.15) is 26.7 Å². The van der Waals surface area contributed by atoms with Gasteiger partial charge in [0.15, 0.2) is 39.3 Å². The molecule has 0 aromatic heterocycles. The molecule has 0 fully saturated rings. The van der Waals surface area contributed by atoms with E-state index in [0.29, 0.717) is 12.8 Å². The third-order valence-corrected chi connectivity index (χ3v) is 23.7. The van der Waals surface area contributed by atoms with Crippen molar-refractivity contribution in [1.82, 2.24) is 0 Å². The molecule has 20 nitrogen and oxygen atoms in total. The van der Waals surface area contributed by atoms with Crippen molar-refractivity contribution in [1.29, 1.82) is 0 Å². The van der Waals surface area contributed by atoms with Gasteiger partial charge in [0.05, 0.1) is 31.5 Å². The van der Waals surface area contributed by atoms with Gasteiger partial charge in [0.2, 0.25) is 19.7 Å². The number of terminal acetylenes is 2. The Kier molecular flexibility index (Phi) is 180. The molecular formula is C46H80O20S10Y14. The molecule has 90 heavy (non-hydrogen) atoms. The van der Waals surface area contributed by atoms with Gasteiger partial charge in [-0.15, -0.1) is 36.3 Å². The summed E-state index contributed by atoms with van der Waals surface area (Å²) in [6.07, 6.45) is 16.3. The molecule has 0 aliphatic heterocycles. The minimum atomic E-state index is -3.84. The van der Waals surface area contributed by atoms with Crippen LogP contribution in [-0.4, -0.2) is 98.8 Å². The maximum atomic E-state index is 11.6. The summed E-state index contributed by atoms with van der Waals surface area (Å²) in [6.45, 7) is 40.3. The molecule has 6 atom stereocenters. The third kappa shape index (κ3) is 98.0. The van der Waals surface area contributed by atoms with Crippen molar-refractivity contribution in [2.24, 2.45) is 0 Å². The second-order valence-electron chi connectivity index (χ2n) is 13.3. The summed E-state index contributed by atoms with van der Waals surface area (Å²) in [5.41, 5.74) is 0. The molecule has 0 rings (SSSR count). The van der Waals surface area contributed by atoms with Gasteiger partial charge in [-0.05, 0) is 80.1 Å². The van der Waals surface area contributed by atoms with Crippen molar-refractivity contribution < 1.29 is 542 Å². The summed E-state index contributed by atoms with van der Waals surface area (Å²) in [6, 6.07) is 0. The summed E-state index contributed by atoms with van der Waals surface area (Å²) in [7, 11) is -31.9. The van der Waals surface area contributed by atoms with E-state index in [1.54, 1.807) is 65.9 Å². The van der Waals surface area contributed by atoms with E-state index in [4.69, 9.17) is 12.8 Å². The molecule has 44 heteroatoms. The molecular weight excluding hydrogens is 2440 g/mol. The molecule has 0 amide bonds. The van der Waals surface area contributed by atoms with E-state index < -0.39 is 132 Å². The molecule has 0 N–H and O–H groups in total. The first-order chi connectivity index (χ1) is 34.3. The Hall–Kier alpha value is 12.0. The van der Waals surface area contributed by atoms with E-state index in [1.165, 1.54) is 82.8 Å². The zero-order valence-electron chi connectivity index (χ0n) is 53.7. The van der Waals surface area contributed by atoms with Crippen LogP contribution in [0.25, 0.3) is 0 Å². The SMILES string of the molecule is C#CS(=O)(=O)C(C)[C@H](C)S(=O)(=O)C#C.C/C=C/S(=O)(=O)C(C)[C@H](C)S(=O)(=O)/C=C/C.C/C=C/S(=O)(=O)[CH-]CC.C/C=C/[S-](=O)=O.C=CS(=O)(=O)C(C)[C@H](C)S(=O)(=O)C=C.C=CS(=O)(=O)[CH-]CC.C=C[S-](=O)=O.[CH2-]C.[CH2-]C.[Y+3].[Y+3].[Y].[Y].[Y].[Y].[Y].[Y].[Y].[Y].[Y].[Y].[Y].[Y]. The van der Waals surface area contributed by atoms with Gasteiger partial charge in [0.25, 0.3) is 0 Å². The van der Waals surface area contributed by atoms with E-state index in [9.17, 15) is 84.2 Å². The van der Waals surface area contributed by atoms with E-state index in [1.807, 2.05) is 0 Å². The Morgan fingerprint density at radius 1 is 0.389 bits per heavy atom. The van der Waals surface area contributed by atoms with E-state index in [0.717, 1.165) is 37.9 Å². The van der Waals surface area contributed by atoms with E-state index >= 15 is 0 Å². The number of rotatable bonds is 21.